The van der Waals surface area contributed by atoms with Gasteiger partial charge in [-0.05, 0) is 19.8 Å². The molecule has 1 fully saturated rings. The Morgan fingerprint density at radius 3 is 2.20 bits per heavy atom. The van der Waals surface area contributed by atoms with Gasteiger partial charge in [0.05, 0.1) is 7.11 Å². The van der Waals surface area contributed by atoms with Gasteiger partial charge in [0.25, 0.3) is 0 Å². The molecular weight excluding hydrogens is 196 g/mol. The van der Waals surface area contributed by atoms with E-state index in [2.05, 4.69) is 4.74 Å². The van der Waals surface area contributed by atoms with Crippen molar-refractivity contribution in [2.45, 2.75) is 38.9 Å². The van der Waals surface area contributed by atoms with Crippen LogP contribution in [0.2, 0.25) is 0 Å². The summed E-state index contributed by atoms with van der Waals surface area (Å²) in [6.45, 7) is 5.19. The second-order valence-corrected chi connectivity index (χ2v) is 3.83. The molecule has 4 heteroatoms. The molecular formula is C11H20O4. The molecule has 0 bridgehead atoms. The van der Waals surface area contributed by atoms with Crippen molar-refractivity contribution >= 4 is 5.97 Å². The summed E-state index contributed by atoms with van der Waals surface area (Å²) in [6.07, 6.45) is 2.06. The minimum Gasteiger partial charge on any atom is -0.469 e. The Kier molecular flexibility index (Phi) is 4.54. The van der Waals surface area contributed by atoms with Gasteiger partial charge in [0, 0.05) is 32.5 Å². The van der Waals surface area contributed by atoms with Crippen LogP contribution in [0.4, 0.5) is 0 Å². The van der Waals surface area contributed by atoms with Gasteiger partial charge in [0.2, 0.25) is 0 Å². The second-order valence-electron chi connectivity index (χ2n) is 3.83. The summed E-state index contributed by atoms with van der Waals surface area (Å²) in [5.41, 5.74) is 0. The summed E-state index contributed by atoms with van der Waals surface area (Å²) >= 11 is 0. The average Bonchev–Trinajstić information content (AvgIpc) is 2.15. The first-order valence-corrected chi connectivity index (χ1v) is 5.50. The Hall–Kier alpha value is -0.610. The van der Waals surface area contributed by atoms with Gasteiger partial charge in [-0.2, -0.15) is 0 Å². The van der Waals surface area contributed by atoms with Crippen molar-refractivity contribution in [3.63, 3.8) is 0 Å². The first kappa shape index (κ1) is 12.5. The highest BCUT2D eigenvalue weighted by Gasteiger charge is 2.46. The van der Waals surface area contributed by atoms with Crippen LogP contribution in [-0.4, -0.2) is 32.1 Å². The van der Waals surface area contributed by atoms with Crippen molar-refractivity contribution < 1.29 is 19.0 Å². The van der Waals surface area contributed by atoms with Crippen molar-refractivity contribution in [3.05, 3.63) is 0 Å². The lowest BCUT2D eigenvalue weighted by Gasteiger charge is -2.46. The smallest absolute Gasteiger partial charge is 0.305 e. The molecule has 88 valence electrons. The Balaban J connectivity index is 2.33. The number of methoxy groups -OCH3 is 1. The van der Waals surface area contributed by atoms with Gasteiger partial charge >= 0.3 is 5.97 Å². The van der Waals surface area contributed by atoms with Crippen molar-refractivity contribution in [1.29, 1.82) is 0 Å². The SMILES string of the molecule is CCOC1(OCC)CC(CC(=O)OC)C1. The molecule has 0 aromatic heterocycles. The molecule has 0 amide bonds. The van der Waals surface area contributed by atoms with Gasteiger partial charge in [-0.25, -0.2) is 0 Å². The fourth-order valence-electron chi connectivity index (χ4n) is 2.09. The van der Waals surface area contributed by atoms with Crippen LogP contribution in [0.25, 0.3) is 0 Å². The van der Waals surface area contributed by atoms with Gasteiger partial charge < -0.3 is 14.2 Å². The number of carbonyl (C=O) groups excluding carboxylic acids is 1. The number of esters is 1. The number of hydrogen-bond acceptors (Lipinski definition) is 4. The fraction of sp³-hybridized carbons (Fsp3) is 0.909. The quantitative estimate of drug-likeness (QED) is 0.501. The zero-order chi connectivity index (χ0) is 11.3. The highest BCUT2D eigenvalue weighted by molar-refractivity contribution is 5.69. The monoisotopic (exact) mass is 216 g/mol. The van der Waals surface area contributed by atoms with Gasteiger partial charge in [0.1, 0.15) is 0 Å². The normalized spacial score (nSPS) is 19.7. The van der Waals surface area contributed by atoms with E-state index < -0.39 is 5.79 Å². The molecule has 1 aliphatic carbocycles. The number of carbonyl (C=O) groups is 1. The van der Waals surface area contributed by atoms with Crippen LogP contribution in [-0.2, 0) is 19.0 Å². The lowest BCUT2D eigenvalue weighted by molar-refractivity contribution is -0.291. The molecule has 0 atom stereocenters. The van der Waals surface area contributed by atoms with Crippen LogP contribution in [0.5, 0.6) is 0 Å². The molecule has 0 aromatic rings. The molecule has 0 saturated heterocycles. The Labute approximate surface area is 90.9 Å². The van der Waals surface area contributed by atoms with Crippen LogP contribution >= 0.6 is 0 Å². The molecule has 0 aliphatic heterocycles. The summed E-state index contributed by atoms with van der Waals surface area (Å²) < 4.78 is 15.8. The maximum atomic E-state index is 11.0. The summed E-state index contributed by atoms with van der Waals surface area (Å²) in [5, 5.41) is 0. The van der Waals surface area contributed by atoms with Crippen LogP contribution in [0.15, 0.2) is 0 Å². The Morgan fingerprint density at radius 1 is 1.27 bits per heavy atom. The van der Waals surface area contributed by atoms with E-state index in [0.29, 0.717) is 25.6 Å². The number of hydrogen-bond donors (Lipinski definition) is 0. The first-order chi connectivity index (χ1) is 7.15. The predicted molar refractivity (Wildman–Crippen MR) is 55.3 cm³/mol. The van der Waals surface area contributed by atoms with E-state index in [1.165, 1.54) is 7.11 Å². The average molecular weight is 216 g/mol. The molecule has 0 aromatic carbocycles. The van der Waals surface area contributed by atoms with Crippen molar-refractivity contribution in [2.24, 2.45) is 5.92 Å². The van der Waals surface area contributed by atoms with Crippen LogP contribution < -0.4 is 0 Å². The Morgan fingerprint density at radius 2 is 1.80 bits per heavy atom. The largest absolute Gasteiger partial charge is 0.469 e. The van der Waals surface area contributed by atoms with E-state index in [1.807, 2.05) is 13.8 Å². The standard InChI is InChI=1S/C11H20O4/c1-4-14-11(15-5-2)7-9(8-11)6-10(12)13-3/h9H,4-8H2,1-3H3. The third-order valence-corrected chi connectivity index (χ3v) is 2.70. The number of ether oxygens (including phenoxy) is 3. The van der Waals surface area contributed by atoms with Crippen molar-refractivity contribution in [2.75, 3.05) is 20.3 Å². The van der Waals surface area contributed by atoms with E-state index >= 15 is 0 Å². The van der Waals surface area contributed by atoms with E-state index in [0.717, 1.165) is 12.8 Å². The maximum Gasteiger partial charge on any atom is 0.305 e. The van der Waals surface area contributed by atoms with E-state index in [4.69, 9.17) is 9.47 Å². The third kappa shape index (κ3) is 3.18. The zero-order valence-corrected chi connectivity index (χ0v) is 9.75. The molecule has 0 N–H and O–H groups in total. The molecule has 15 heavy (non-hydrogen) atoms. The highest BCUT2D eigenvalue weighted by Crippen LogP contribution is 2.43. The van der Waals surface area contributed by atoms with Gasteiger partial charge in [-0.3, -0.25) is 4.79 Å². The maximum absolute atomic E-state index is 11.0. The zero-order valence-electron chi connectivity index (χ0n) is 9.75. The molecule has 0 spiro atoms. The topological polar surface area (TPSA) is 44.8 Å². The molecule has 4 nitrogen and oxygen atoms in total. The van der Waals surface area contributed by atoms with Gasteiger partial charge in [0.15, 0.2) is 5.79 Å². The van der Waals surface area contributed by atoms with Crippen molar-refractivity contribution in [1.82, 2.24) is 0 Å². The van der Waals surface area contributed by atoms with Crippen LogP contribution in [0.1, 0.15) is 33.1 Å². The summed E-state index contributed by atoms with van der Waals surface area (Å²) in [4.78, 5) is 11.0. The molecule has 0 unspecified atom stereocenters. The van der Waals surface area contributed by atoms with E-state index in [1.54, 1.807) is 0 Å². The lowest BCUT2D eigenvalue weighted by Crippen LogP contribution is -2.49. The lowest BCUT2D eigenvalue weighted by atomic mass is 9.76. The van der Waals surface area contributed by atoms with Gasteiger partial charge in [-0.15, -0.1) is 0 Å². The molecule has 0 radical (unpaired) electrons. The van der Waals surface area contributed by atoms with E-state index in [9.17, 15) is 4.79 Å². The Bertz CT molecular complexity index is 201. The highest BCUT2D eigenvalue weighted by atomic mass is 16.7. The second kappa shape index (κ2) is 5.47. The molecule has 1 aliphatic rings. The molecule has 0 heterocycles. The number of rotatable bonds is 6. The van der Waals surface area contributed by atoms with E-state index in [-0.39, 0.29) is 5.97 Å². The fourth-order valence-corrected chi connectivity index (χ4v) is 2.09. The molecule has 1 saturated carbocycles. The van der Waals surface area contributed by atoms with Crippen molar-refractivity contribution in [3.8, 4) is 0 Å². The van der Waals surface area contributed by atoms with Crippen LogP contribution in [0.3, 0.4) is 0 Å². The summed E-state index contributed by atoms with van der Waals surface area (Å²) in [7, 11) is 1.42. The molecule has 1 rings (SSSR count). The van der Waals surface area contributed by atoms with Gasteiger partial charge in [-0.1, -0.05) is 0 Å². The van der Waals surface area contributed by atoms with Crippen LogP contribution in [0, 0.1) is 5.92 Å². The minimum absolute atomic E-state index is 0.151. The predicted octanol–water partition coefficient (Wildman–Crippen LogP) is 1.73. The summed E-state index contributed by atoms with van der Waals surface area (Å²) in [5.74, 6) is -0.237. The third-order valence-electron chi connectivity index (χ3n) is 2.70. The first-order valence-electron chi connectivity index (χ1n) is 5.50. The summed E-state index contributed by atoms with van der Waals surface area (Å²) in [6, 6.07) is 0. The minimum atomic E-state index is -0.428.